The fraction of sp³-hybridized carbons (Fsp3) is 0.455. The van der Waals surface area contributed by atoms with E-state index in [9.17, 15) is 4.57 Å². The Bertz CT molecular complexity index is 403. The van der Waals surface area contributed by atoms with Crippen molar-refractivity contribution >= 4 is 31.1 Å². The summed E-state index contributed by atoms with van der Waals surface area (Å²) >= 11 is 3.15. The number of rotatable bonds is 5. The summed E-state index contributed by atoms with van der Waals surface area (Å²) in [7, 11) is -3.02. The van der Waals surface area contributed by atoms with Crippen molar-refractivity contribution in [3.8, 4) is 0 Å². The van der Waals surface area contributed by atoms with E-state index in [-0.39, 0.29) is 4.32 Å². The van der Waals surface area contributed by atoms with Gasteiger partial charge in [0.1, 0.15) is 0 Å². The topological polar surface area (TPSA) is 35.5 Å². The fourth-order valence-electron chi connectivity index (χ4n) is 1.53. The molecule has 3 nitrogen and oxygen atoms in total. The Balaban J connectivity index is 2.17. The van der Waals surface area contributed by atoms with Gasteiger partial charge in [-0.25, -0.2) is 0 Å². The standard InChI is InChI=1S/C11H15O3PS2/c1-3-13-15(12,14-4-2)11-16-9-7-5-6-8-10(9)17-11/h5-8,11H,3-4H2,1-2H3. The van der Waals surface area contributed by atoms with Gasteiger partial charge in [0, 0.05) is 9.79 Å². The van der Waals surface area contributed by atoms with Crippen molar-refractivity contribution in [2.45, 2.75) is 28.0 Å². The number of fused-ring (bicyclic) bond motifs is 1. The normalized spacial score (nSPS) is 16.1. The first-order valence-electron chi connectivity index (χ1n) is 5.50. The van der Waals surface area contributed by atoms with Crippen molar-refractivity contribution in [2.75, 3.05) is 13.2 Å². The van der Waals surface area contributed by atoms with Crippen molar-refractivity contribution in [2.24, 2.45) is 0 Å². The molecule has 0 amide bonds. The van der Waals surface area contributed by atoms with E-state index < -0.39 is 7.60 Å². The molecule has 6 heteroatoms. The van der Waals surface area contributed by atoms with Gasteiger partial charge in [0.15, 0.2) is 4.32 Å². The molecule has 2 rings (SSSR count). The predicted molar refractivity (Wildman–Crippen MR) is 72.8 cm³/mol. The van der Waals surface area contributed by atoms with Crippen LogP contribution in [-0.4, -0.2) is 17.5 Å². The van der Waals surface area contributed by atoms with Gasteiger partial charge in [-0.15, -0.1) is 0 Å². The minimum Gasteiger partial charge on any atom is -0.307 e. The van der Waals surface area contributed by atoms with Gasteiger partial charge in [-0.1, -0.05) is 35.7 Å². The fourth-order valence-corrected chi connectivity index (χ4v) is 7.24. The van der Waals surface area contributed by atoms with E-state index in [4.69, 9.17) is 9.05 Å². The Hall–Kier alpha value is 0.0700. The van der Waals surface area contributed by atoms with Crippen LogP contribution in [0, 0.1) is 0 Å². The molecule has 1 aliphatic heterocycles. The molecule has 0 saturated carbocycles. The van der Waals surface area contributed by atoms with Crippen LogP contribution in [0.4, 0.5) is 0 Å². The van der Waals surface area contributed by atoms with E-state index in [1.807, 2.05) is 38.1 Å². The molecule has 0 N–H and O–H groups in total. The third kappa shape index (κ3) is 2.91. The van der Waals surface area contributed by atoms with Crippen LogP contribution in [0.2, 0.25) is 0 Å². The predicted octanol–water partition coefficient (Wildman–Crippen LogP) is 4.43. The van der Waals surface area contributed by atoms with Crippen LogP contribution in [-0.2, 0) is 13.6 Å². The van der Waals surface area contributed by atoms with Crippen LogP contribution in [0.1, 0.15) is 13.8 Å². The lowest BCUT2D eigenvalue weighted by molar-refractivity contribution is 0.222. The Labute approximate surface area is 110 Å². The zero-order valence-corrected chi connectivity index (χ0v) is 12.3. The molecular formula is C11H15O3PS2. The molecule has 0 atom stereocenters. The number of hydrogen-bond donors (Lipinski definition) is 0. The highest BCUT2D eigenvalue weighted by atomic mass is 32.2. The van der Waals surface area contributed by atoms with Gasteiger partial charge in [0.2, 0.25) is 0 Å². The van der Waals surface area contributed by atoms with Crippen LogP contribution in [0.5, 0.6) is 0 Å². The lowest BCUT2D eigenvalue weighted by Crippen LogP contribution is -2.04. The molecule has 0 radical (unpaired) electrons. The summed E-state index contributed by atoms with van der Waals surface area (Å²) in [5.41, 5.74) is 0. The van der Waals surface area contributed by atoms with Gasteiger partial charge in [0.05, 0.1) is 13.2 Å². The second kappa shape index (κ2) is 5.81. The molecule has 0 aliphatic carbocycles. The Morgan fingerprint density at radius 1 is 1.12 bits per heavy atom. The van der Waals surface area contributed by atoms with Crippen molar-refractivity contribution in [3.05, 3.63) is 24.3 Å². The number of thioether (sulfide) groups is 2. The first kappa shape index (κ1) is 13.5. The quantitative estimate of drug-likeness (QED) is 0.749. The maximum Gasteiger partial charge on any atom is 0.354 e. The summed E-state index contributed by atoms with van der Waals surface area (Å²) in [6, 6.07) is 8.05. The monoisotopic (exact) mass is 290 g/mol. The highest BCUT2D eigenvalue weighted by Crippen LogP contribution is 2.67. The second-order valence-corrected chi connectivity index (χ2v) is 8.77. The largest absolute Gasteiger partial charge is 0.354 e. The summed E-state index contributed by atoms with van der Waals surface area (Å²) in [6.07, 6.45) is 0. The van der Waals surface area contributed by atoms with Crippen molar-refractivity contribution in [3.63, 3.8) is 0 Å². The maximum absolute atomic E-state index is 12.6. The van der Waals surface area contributed by atoms with Crippen LogP contribution in [0.15, 0.2) is 34.1 Å². The van der Waals surface area contributed by atoms with Gasteiger partial charge in [-0.2, -0.15) is 0 Å². The molecule has 1 heterocycles. The van der Waals surface area contributed by atoms with Gasteiger partial charge >= 0.3 is 7.60 Å². The van der Waals surface area contributed by atoms with Crippen molar-refractivity contribution < 1.29 is 13.6 Å². The van der Waals surface area contributed by atoms with Crippen LogP contribution in [0.3, 0.4) is 0 Å². The highest BCUT2D eigenvalue weighted by molar-refractivity contribution is 8.25. The third-order valence-corrected chi connectivity index (χ3v) is 8.44. The summed E-state index contributed by atoms with van der Waals surface area (Å²) in [6.45, 7) is 4.49. The summed E-state index contributed by atoms with van der Waals surface area (Å²) in [4.78, 5) is 2.31. The van der Waals surface area contributed by atoms with Crippen LogP contribution < -0.4 is 0 Å². The third-order valence-electron chi connectivity index (χ3n) is 2.18. The summed E-state index contributed by atoms with van der Waals surface area (Å²) in [5.74, 6) is 0. The Morgan fingerprint density at radius 2 is 1.59 bits per heavy atom. The molecule has 0 spiro atoms. The molecule has 0 bridgehead atoms. The van der Waals surface area contributed by atoms with Crippen LogP contribution >= 0.6 is 31.1 Å². The van der Waals surface area contributed by atoms with Gasteiger partial charge in [0.25, 0.3) is 0 Å². The minimum absolute atomic E-state index is 0.181. The molecule has 0 aromatic heterocycles. The van der Waals surface area contributed by atoms with Gasteiger partial charge in [-0.05, 0) is 26.0 Å². The highest BCUT2D eigenvalue weighted by Gasteiger charge is 2.41. The van der Waals surface area contributed by atoms with Crippen LogP contribution in [0.25, 0.3) is 0 Å². The maximum atomic E-state index is 12.6. The number of hydrogen-bond acceptors (Lipinski definition) is 5. The first-order valence-corrected chi connectivity index (χ1v) is 8.88. The van der Waals surface area contributed by atoms with E-state index in [0.29, 0.717) is 13.2 Å². The van der Waals surface area contributed by atoms with E-state index in [2.05, 4.69) is 0 Å². The zero-order chi connectivity index (χ0) is 12.3. The zero-order valence-electron chi connectivity index (χ0n) is 9.79. The Morgan fingerprint density at radius 3 is 2.00 bits per heavy atom. The summed E-state index contributed by atoms with van der Waals surface area (Å²) in [5, 5.41) is 0. The van der Waals surface area contributed by atoms with E-state index in [1.54, 1.807) is 23.5 Å². The van der Waals surface area contributed by atoms with E-state index >= 15 is 0 Å². The lowest BCUT2D eigenvalue weighted by Gasteiger charge is -2.21. The molecule has 0 saturated heterocycles. The van der Waals surface area contributed by atoms with E-state index in [1.165, 1.54) is 0 Å². The van der Waals surface area contributed by atoms with E-state index in [0.717, 1.165) is 9.79 Å². The van der Waals surface area contributed by atoms with Crippen molar-refractivity contribution in [1.82, 2.24) is 0 Å². The molecule has 1 aromatic rings. The minimum atomic E-state index is -3.02. The molecule has 94 valence electrons. The molecule has 0 fully saturated rings. The smallest absolute Gasteiger partial charge is 0.307 e. The van der Waals surface area contributed by atoms with Crippen molar-refractivity contribution in [1.29, 1.82) is 0 Å². The van der Waals surface area contributed by atoms with Gasteiger partial charge in [-0.3, -0.25) is 4.57 Å². The first-order chi connectivity index (χ1) is 8.19. The second-order valence-electron chi connectivity index (χ2n) is 3.36. The molecule has 0 unspecified atom stereocenters. The molecule has 1 aliphatic rings. The SMILES string of the molecule is CCOP(=O)(OCC)C1Sc2ccccc2S1. The average Bonchev–Trinajstić information content (AvgIpc) is 2.74. The van der Waals surface area contributed by atoms with Gasteiger partial charge < -0.3 is 9.05 Å². The molecule has 17 heavy (non-hydrogen) atoms. The Kier molecular flexibility index (Phi) is 4.61. The number of benzene rings is 1. The molecular weight excluding hydrogens is 275 g/mol. The average molecular weight is 290 g/mol. The summed E-state index contributed by atoms with van der Waals surface area (Å²) < 4.78 is 23.2. The lowest BCUT2D eigenvalue weighted by atomic mass is 10.4. The molecule has 1 aromatic carbocycles.